The summed E-state index contributed by atoms with van der Waals surface area (Å²) in [7, 11) is 1.88. The molecule has 6 nitrogen and oxygen atoms in total. The summed E-state index contributed by atoms with van der Waals surface area (Å²) in [6.45, 7) is 1.03. The minimum Gasteiger partial charge on any atom is -0.507 e. The number of aryl methyl sites for hydroxylation is 1. The van der Waals surface area contributed by atoms with Crippen LogP contribution in [0.25, 0.3) is 22.4 Å². The monoisotopic (exact) mass is 361 g/mol. The van der Waals surface area contributed by atoms with Crippen molar-refractivity contribution in [3.63, 3.8) is 0 Å². The van der Waals surface area contributed by atoms with Crippen molar-refractivity contribution in [1.82, 2.24) is 20.0 Å². The van der Waals surface area contributed by atoms with Crippen LogP contribution in [0.4, 0.5) is 5.82 Å². The molecule has 5 rings (SSSR count). The van der Waals surface area contributed by atoms with Gasteiger partial charge in [0.05, 0.1) is 11.9 Å². The number of aromatic nitrogens is 4. The Morgan fingerprint density at radius 3 is 2.67 bits per heavy atom. The molecular weight excluding hydrogens is 338 g/mol. The average molecular weight is 361 g/mol. The van der Waals surface area contributed by atoms with Crippen LogP contribution >= 0.6 is 0 Å². The van der Waals surface area contributed by atoms with Gasteiger partial charge in [0.25, 0.3) is 0 Å². The molecule has 0 spiro atoms. The second kappa shape index (κ2) is 6.37. The molecule has 1 saturated carbocycles. The zero-order chi connectivity index (χ0) is 18.4. The quantitative estimate of drug-likeness (QED) is 0.773. The highest BCUT2D eigenvalue weighted by molar-refractivity contribution is 5.74. The molecule has 1 N–H and O–H groups in total. The number of aromatic hydroxyl groups is 1. The van der Waals surface area contributed by atoms with E-state index in [4.69, 9.17) is 0 Å². The highest BCUT2D eigenvalue weighted by atomic mass is 16.3. The van der Waals surface area contributed by atoms with Gasteiger partial charge in [-0.05, 0) is 43.0 Å². The van der Waals surface area contributed by atoms with Gasteiger partial charge in [0, 0.05) is 42.5 Å². The summed E-state index contributed by atoms with van der Waals surface area (Å²) in [5, 5.41) is 23.8. The van der Waals surface area contributed by atoms with Gasteiger partial charge < -0.3 is 10.0 Å². The smallest absolute Gasteiger partial charge is 0.154 e. The molecule has 0 amide bonds. The van der Waals surface area contributed by atoms with Crippen molar-refractivity contribution in [2.45, 2.75) is 38.1 Å². The Morgan fingerprint density at radius 1 is 1.07 bits per heavy atom. The summed E-state index contributed by atoms with van der Waals surface area (Å²) in [5.74, 6) is 1.26. The van der Waals surface area contributed by atoms with Crippen LogP contribution in [-0.4, -0.2) is 37.7 Å². The molecule has 1 aliphatic heterocycles. The molecule has 0 radical (unpaired) electrons. The first-order valence-corrected chi connectivity index (χ1v) is 9.65. The number of hydrogen-bond donors (Lipinski definition) is 1. The van der Waals surface area contributed by atoms with E-state index in [1.54, 1.807) is 16.9 Å². The van der Waals surface area contributed by atoms with Crippen LogP contribution in [-0.2, 0) is 13.5 Å². The first-order chi connectivity index (χ1) is 13.2. The molecular formula is C21H23N5O. The maximum absolute atomic E-state index is 10.6. The lowest BCUT2D eigenvalue weighted by Crippen LogP contribution is -2.32. The maximum Gasteiger partial charge on any atom is 0.154 e. The van der Waals surface area contributed by atoms with E-state index in [1.807, 2.05) is 25.4 Å². The van der Waals surface area contributed by atoms with E-state index in [0.717, 1.165) is 41.2 Å². The molecule has 1 aliphatic carbocycles. The average Bonchev–Trinajstić information content (AvgIpc) is 3.41. The number of phenols is 1. The third-order valence-corrected chi connectivity index (χ3v) is 5.82. The van der Waals surface area contributed by atoms with Gasteiger partial charge in [-0.25, -0.2) is 0 Å². The fourth-order valence-electron chi connectivity index (χ4n) is 4.40. The lowest BCUT2D eigenvalue weighted by Gasteiger charge is -2.25. The number of hydrogen-bond acceptors (Lipinski definition) is 5. The second-order valence-electron chi connectivity index (χ2n) is 7.59. The lowest BCUT2D eigenvalue weighted by molar-refractivity contribution is 0.477. The number of rotatable bonds is 3. The summed E-state index contributed by atoms with van der Waals surface area (Å²) < 4.78 is 1.75. The SMILES string of the molecule is Cn1cc(-c2ccc(-c3cc4c(nn3)N(C3CCCC3)CC4)c(O)c2)cn1. The zero-order valence-electron chi connectivity index (χ0n) is 15.5. The first kappa shape index (κ1) is 16.3. The minimum atomic E-state index is 0.219. The Bertz CT molecular complexity index is 990. The molecule has 0 bridgehead atoms. The third-order valence-electron chi connectivity index (χ3n) is 5.82. The van der Waals surface area contributed by atoms with Crippen molar-refractivity contribution < 1.29 is 5.11 Å². The highest BCUT2D eigenvalue weighted by Crippen LogP contribution is 2.37. The Labute approximate surface area is 158 Å². The van der Waals surface area contributed by atoms with Crippen molar-refractivity contribution in [3.8, 4) is 28.1 Å². The predicted molar refractivity (Wildman–Crippen MR) is 105 cm³/mol. The number of anilines is 1. The highest BCUT2D eigenvalue weighted by Gasteiger charge is 2.30. The standard InChI is InChI=1S/C21H23N5O/c1-25-13-16(12-22-25)14-6-7-18(20(27)11-14)19-10-15-8-9-26(21(15)24-23-19)17-4-2-3-5-17/h6-7,10-13,17,27H,2-5,8-9H2,1H3. The molecule has 6 heteroatoms. The molecule has 27 heavy (non-hydrogen) atoms. The van der Waals surface area contributed by atoms with Crippen LogP contribution < -0.4 is 4.90 Å². The number of benzene rings is 1. The maximum atomic E-state index is 10.6. The van der Waals surface area contributed by atoms with Gasteiger partial charge in [0.1, 0.15) is 5.75 Å². The molecule has 3 aromatic rings. The lowest BCUT2D eigenvalue weighted by atomic mass is 10.0. The van der Waals surface area contributed by atoms with Crippen LogP contribution in [0, 0.1) is 0 Å². The van der Waals surface area contributed by atoms with Crippen LogP contribution in [0.2, 0.25) is 0 Å². The largest absolute Gasteiger partial charge is 0.507 e. The Balaban J connectivity index is 1.45. The number of nitrogens with zero attached hydrogens (tertiary/aromatic N) is 5. The fourth-order valence-corrected chi connectivity index (χ4v) is 4.40. The Morgan fingerprint density at radius 2 is 1.93 bits per heavy atom. The van der Waals surface area contributed by atoms with Crippen molar-refractivity contribution in [2.24, 2.45) is 7.05 Å². The van der Waals surface area contributed by atoms with Gasteiger partial charge in [0.2, 0.25) is 0 Å². The topological polar surface area (TPSA) is 67.1 Å². The van der Waals surface area contributed by atoms with Crippen LogP contribution in [0.15, 0.2) is 36.7 Å². The van der Waals surface area contributed by atoms with Crippen LogP contribution in [0.1, 0.15) is 31.2 Å². The van der Waals surface area contributed by atoms with Crippen molar-refractivity contribution in [1.29, 1.82) is 0 Å². The molecule has 2 aliphatic rings. The summed E-state index contributed by atoms with van der Waals surface area (Å²) in [6, 6.07) is 8.39. The van der Waals surface area contributed by atoms with Gasteiger partial charge in [-0.2, -0.15) is 5.10 Å². The molecule has 1 fully saturated rings. The van der Waals surface area contributed by atoms with E-state index in [0.29, 0.717) is 6.04 Å². The second-order valence-corrected chi connectivity index (χ2v) is 7.59. The molecule has 0 atom stereocenters. The Kier molecular flexibility index (Phi) is 3.85. The van der Waals surface area contributed by atoms with Crippen molar-refractivity contribution in [3.05, 3.63) is 42.2 Å². The molecule has 0 saturated heterocycles. The summed E-state index contributed by atoms with van der Waals surface area (Å²) in [4.78, 5) is 2.43. The van der Waals surface area contributed by atoms with Gasteiger partial charge in [0.15, 0.2) is 5.82 Å². The normalized spacial score (nSPS) is 16.9. The van der Waals surface area contributed by atoms with E-state index < -0.39 is 0 Å². The molecule has 1 aromatic carbocycles. The number of fused-ring (bicyclic) bond motifs is 1. The third kappa shape index (κ3) is 2.85. The molecule has 2 aromatic heterocycles. The van der Waals surface area contributed by atoms with Gasteiger partial charge in [-0.15, -0.1) is 10.2 Å². The zero-order valence-corrected chi connectivity index (χ0v) is 15.5. The van der Waals surface area contributed by atoms with E-state index in [1.165, 1.54) is 31.2 Å². The van der Waals surface area contributed by atoms with E-state index in [-0.39, 0.29) is 5.75 Å². The minimum absolute atomic E-state index is 0.219. The first-order valence-electron chi connectivity index (χ1n) is 9.65. The van der Waals surface area contributed by atoms with Gasteiger partial charge >= 0.3 is 0 Å². The molecule has 3 heterocycles. The van der Waals surface area contributed by atoms with E-state index in [2.05, 4.69) is 26.3 Å². The van der Waals surface area contributed by atoms with E-state index in [9.17, 15) is 5.11 Å². The van der Waals surface area contributed by atoms with Gasteiger partial charge in [-0.3, -0.25) is 4.68 Å². The van der Waals surface area contributed by atoms with Crippen LogP contribution in [0.5, 0.6) is 5.75 Å². The van der Waals surface area contributed by atoms with Crippen LogP contribution in [0.3, 0.4) is 0 Å². The number of phenolic OH excluding ortho intramolecular Hbond substituents is 1. The molecule has 138 valence electrons. The van der Waals surface area contributed by atoms with E-state index >= 15 is 0 Å². The van der Waals surface area contributed by atoms with Crippen molar-refractivity contribution in [2.75, 3.05) is 11.4 Å². The summed E-state index contributed by atoms with van der Waals surface area (Å²) >= 11 is 0. The van der Waals surface area contributed by atoms with Gasteiger partial charge in [-0.1, -0.05) is 18.9 Å². The fraction of sp³-hybridized carbons (Fsp3) is 0.381. The Hall–Kier alpha value is -2.89. The molecule has 0 unspecified atom stereocenters. The van der Waals surface area contributed by atoms with Crippen molar-refractivity contribution >= 4 is 5.82 Å². The summed E-state index contributed by atoms with van der Waals surface area (Å²) in [5.41, 5.74) is 4.61. The summed E-state index contributed by atoms with van der Waals surface area (Å²) in [6.07, 6.45) is 9.89. The predicted octanol–water partition coefficient (Wildman–Crippen LogP) is 3.55.